The van der Waals surface area contributed by atoms with Gasteiger partial charge in [-0.1, -0.05) is 42.1 Å². The molecule has 1 N–H and O–H groups in total. The van der Waals surface area contributed by atoms with Crippen LogP contribution in [0.25, 0.3) is 11.0 Å². The van der Waals surface area contributed by atoms with Gasteiger partial charge in [0.15, 0.2) is 10.9 Å². The van der Waals surface area contributed by atoms with E-state index in [1.54, 1.807) is 36.7 Å². The molecule has 0 unspecified atom stereocenters. The van der Waals surface area contributed by atoms with Gasteiger partial charge in [-0.2, -0.15) is 5.26 Å². The van der Waals surface area contributed by atoms with E-state index >= 15 is 0 Å². The number of carbonyl (C=O) groups excluding carboxylic acids is 1. The molecule has 0 saturated heterocycles. The fourth-order valence-corrected chi connectivity index (χ4v) is 3.77. The number of carbonyl (C=O) groups is 1. The van der Waals surface area contributed by atoms with Crippen molar-refractivity contribution in [3.8, 4) is 6.07 Å². The summed E-state index contributed by atoms with van der Waals surface area (Å²) in [5.74, 6) is 0.493. The maximum atomic E-state index is 12.9. The maximum absolute atomic E-state index is 12.9. The van der Waals surface area contributed by atoms with E-state index in [2.05, 4.69) is 21.4 Å². The summed E-state index contributed by atoms with van der Waals surface area (Å²) >= 11 is 1.45. The molecule has 0 bridgehead atoms. The Morgan fingerprint density at radius 1 is 1.10 bits per heavy atom. The van der Waals surface area contributed by atoms with E-state index in [0.717, 1.165) is 16.5 Å². The van der Waals surface area contributed by atoms with E-state index in [-0.39, 0.29) is 11.7 Å². The molecule has 6 nitrogen and oxygen atoms in total. The highest BCUT2D eigenvalue weighted by Crippen LogP contribution is 2.31. The molecule has 2 aromatic heterocycles. The van der Waals surface area contributed by atoms with Gasteiger partial charge in [0.05, 0.1) is 11.6 Å². The molecule has 29 heavy (non-hydrogen) atoms. The first-order chi connectivity index (χ1) is 14.2. The first-order valence-electron chi connectivity index (χ1n) is 8.92. The van der Waals surface area contributed by atoms with Crippen LogP contribution < -0.4 is 5.32 Å². The fourth-order valence-electron chi connectivity index (χ4n) is 2.94. The monoisotopic (exact) mass is 400 g/mol. The van der Waals surface area contributed by atoms with Crippen molar-refractivity contribution < 1.29 is 9.21 Å². The van der Waals surface area contributed by atoms with Crippen LogP contribution in [-0.2, 0) is 12.3 Å². The standard InChI is InChI=1S/C22H16N4O2S/c23-12-15-5-3-6-16(11-15)13-26-21(27)20-18(14-29-22-24-9-4-10-25-22)17-7-1-2-8-19(17)28-20/h1-11H,13-14H2,(H,26,27). The Labute approximate surface area is 171 Å². The molecule has 7 heteroatoms. The van der Waals surface area contributed by atoms with Crippen molar-refractivity contribution in [2.75, 3.05) is 0 Å². The van der Waals surface area contributed by atoms with Crippen molar-refractivity contribution in [1.82, 2.24) is 15.3 Å². The van der Waals surface area contributed by atoms with Crippen LogP contribution in [0.5, 0.6) is 0 Å². The lowest BCUT2D eigenvalue weighted by molar-refractivity contribution is 0.0924. The van der Waals surface area contributed by atoms with Crippen LogP contribution in [0, 0.1) is 11.3 Å². The number of aromatic nitrogens is 2. The molecule has 4 aromatic rings. The number of nitriles is 1. The summed E-state index contributed by atoms with van der Waals surface area (Å²) in [5.41, 5.74) is 2.87. The highest BCUT2D eigenvalue weighted by atomic mass is 32.2. The Morgan fingerprint density at radius 2 is 1.93 bits per heavy atom. The van der Waals surface area contributed by atoms with Crippen LogP contribution in [-0.4, -0.2) is 15.9 Å². The molecule has 0 atom stereocenters. The van der Waals surface area contributed by atoms with Gasteiger partial charge in [0.1, 0.15) is 5.58 Å². The number of thioether (sulfide) groups is 1. The van der Waals surface area contributed by atoms with Gasteiger partial charge < -0.3 is 9.73 Å². The van der Waals surface area contributed by atoms with E-state index in [9.17, 15) is 4.79 Å². The topological polar surface area (TPSA) is 91.8 Å². The number of nitrogens with zero attached hydrogens (tertiary/aromatic N) is 3. The molecule has 142 valence electrons. The number of furan rings is 1. The molecule has 0 aliphatic rings. The van der Waals surface area contributed by atoms with E-state index in [4.69, 9.17) is 9.68 Å². The number of hydrogen-bond acceptors (Lipinski definition) is 6. The quantitative estimate of drug-likeness (QED) is 0.383. The van der Waals surface area contributed by atoms with E-state index in [1.165, 1.54) is 11.8 Å². The van der Waals surface area contributed by atoms with Crippen molar-refractivity contribution in [2.45, 2.75) is 17.5 Å². The van der Waals surface area contributed by atoms with Gasteiger partial charge in [-0.3, -0.25) is 4.79 Å². The van der Waals surface area contributed by atoms with Crippen LogP contribution in [0.4, 0.5) is 0 Å². The summed E-state index contributed by atoms with van der Waals surface area (Å²) in [5, 5.41) is 13.4. The van der Waals surface area contributed by atoms with Gasteiger partial charge in [-0.25, -0.2) is 9.97 Å². The molecule has 0 aliphatic heterocycles. The number of amides is 1. The van der Waals surface area contributed by atoms with Crippen molar-refractivity contribution in [3.63, 3.8) is 0 Å². The minimum atomic E-state index is -0.298. The van der Waals surface area contributed by atoms with Gasteiger partial charge in [-0.05, 0) is 29.8 Å². The molecule has 1 amide bonds. The first-order valence-corrected chi connectivity index (χ1v) is 9.90. The molecule has 2 aromatic carbocycles. The molecule has 2 heterocycles. The summed E-state index contributed by atoms with van der Waals surface area (Å²) in [6.07, 6.45) is 3.37. The summed E-state index contributed by atoms with van der Waals surface area (Å²) < 4.78 is 5.86. The number of para-hydroxylation sites is 1. The highest BCUT2D eigenvalue weighted by Gasteiger charge is 2.20. The minimum Gasteiger partial charge on any atom is -0.451 e. The normalized spacial score (nSPS) is 10.6. The van der Waals surface area contributed by atoms with Crippen LogP contribution >= 0.6 is 11.8 Å². The molecule has 0 aliphatic carbocycles. The second kappa shape index (κ2) is 8.59. The average Bonchev–Trinajstić information content (AvgIpc) is 3.15. The summed E-state index contributed by atoms with van der Waals surface area (Å²) in [4.78, 5) is 21.3. The third kappa shape index (κ3) is 4.28. The Bertz CT molecular complexity index is 1200. The van der Waals surface area contributed by atoms with E-state index < -0.39 is 0 Å². The minimum absolute atomic E-state index is 0.283. The molecule has 0 radical (unpaired) electrons. The lowest BCUT2D eigenvalue weighted by Crippen LogP contribution is -2.23. The largest absolute Gasteiger partial charge is 0.451 e. The Morgan fingerprint density at radius 3 is 2.76 bits per heavy atom. The lowest BCUT2D eigenvalue weighted by atomic mass is 10.1. The second-order valence-electron chi connectivity index (χ2n) is 6.22. The van der Waals surface area contributed by atoms with E-state index in [1.807, 2.05) is 30.3 Å². The van der Waals surface area contributed by atoms with Gasteiger partial charge >= 0.3 is 0 Å². The van der Waals surface area contributed by atoms with Crippen molar-refractivity contribution >= 4 is 28.6 Å². The Hall–Kier alpha value is -3.63. The molecule has 0 spiro atoms. The molecular formula is C22H16N4O2S. The predicted octanol–water partition coefficient (Wildman–Crippen LogP) is 4.32. The zero-order chi connectivity index (χ0) is 20.1. The predicted molar refractivity (Wildman–Crippen MR) is 110 cm³/mol. The van der Waals surface area contributed by atoms with Gasteiger partial charge in [0.25, 0.3) is 5.91 Å². The Kier molecular flexibility index (Phi) is 5.54. The van der Waals surface area contributed by atoms with Gasteiger partial charge in [0.2, 0.25) is 0 Å². The zero-order valence-electron chi connectivity index (χ0n) is 15.3. The average molecular weight is 400 g/mol. The number of benzene rings is 2. The molecule has 0 saturated carbocycles. The SMILES string of the molecule is N#Cc1cccc(CNC(=O)c2oc3ccccc3c2CSc2ncccn2)c1. The smallest absolute Gasteiger partial charge is 0.287 e. The van der Waals surface area contributed by atoms with Crippen molar-refractivity contribution in [2.24, 2.45) is 0 Å². The molecule has 0 fully saturated rings. The first kappa shape index (κ1) is 18.7. The number of fused-ring (bicyclic) bond motifs is 1. The van der Waals surface area contributed by atoms with Gasteiger partial charge in [0, 0.05) is 35.6 Å². The maximum Gasteiger partial charge on any atom is 0.287 e. The van der Waals surface area contributed by atoms with Crippen LogP contribution in [0.2, 0.25) is 0 Å². The lowest BCUT2D eigenvalue weighted by Gasteiger charge is -2.06. The van der Waals surface area contributed by atoms with Crippen molar-refractivity contribution in [3.05, 3.63) is 89.4 Å². The third-order valence-electron chi connectivity index (χ3n) is 4.30. The van der Waals surface area contributed by atoms with Crippen LogP contribution in [0.3, 0.4) is 0 Å². The number of nitrogens with one attached hydrogen (secondary N) is 1. The third-order valence-corrected chi connectivity index (χ3v) is 5.20. The number of rotatable bonds is 6. The summed E-state index contributed by atoms with van der Waals surface area (Å²) in [6, 6.07) is 18.6. The summed E-state index contributed by atoms with van der Waals surface area (Å²) in [6.45, 7) is 0.305. The Balaban J connectivity index is 1.57. The van der Waals surface area contributed by atoms with Crippen LogP contribution in [0.15, 0.2) is 76.6 Å². The summed E-state index contributed by atoms with van der Waals surface area (Å²) in [7, 11) is 0. The van der Waals surface area contributed by atoms with E-state index in [0.29, 0.717) is 28.6 Å². The molecular weight excluding hydrogens is 384 g/mol. The fraction of sp³-hybridized carbons (Fsp3) is 0.0909. The molecule has 4 rings (SSSR count). The van der Waals surface area contributed by atoms with Crippen molar-refractivity contribution in [1.29, 1.82) is 5.26 Å². The van der Waals surface area contributed by atoms with Crippen LogP contribution in [0.1, 0.15) is 27.2 Å². The number of hydrogen-bond donors (Lipinski definition) is 1. The van der Waals surface area contributed by atoms with Gasteiger partial charge in [-0.15, -0.1) is 0 Å². The highest BCUT2D eigenvalue weighted by molar-refractivity contribution is 7.98. The zero-order valence-corrected chi connectivity index (χ0v) is 16.1. The second-order valence-corrected chi connectivity index (χ2v) is 7.16.